The van der Waals surface area contributed by atoms with Crippen LogP contribution in [0.3, 0.4) is 0 Å². The number of halogens is 1. The topological polar surface area (TPSA) is 75.7 Å². The first-order valence-electron chi connectivity index (χ1n) is 10.9. The Morgan fingerprint density at radius 3 is 2.60 bits per heavy atom. The van der Waals surface area contributed by atoms with E-state index in [2.05, 4.69) is 5.32 Å². The van der Waals surface area contributed by atoms with Crippen LogP contribution >= 0.6 is 11.8 Å². The molecule has 3 amide bonds. The summed E-state index contributed by atoms with van der Waals surface area (Å²) in [7, 11) is 0. The largest absolute Gasteiger partial charge is 0.489 e. The summed E-state index contributed by atoms with van der Waals surface area (Å²) < 4.78 is 19.5. The molecule has 1 N–H and O–H groups in total. The fourth-order valence-electron chi connectivity index (χ4n) is 3.42. The Morgan fingerprint density at radius 2 is 1.83 bits per heavy atom. The van der Waals surface area contributed by atoms with Crippen molar-refractivity contribution in [1.82, 2.24) is 4.90 Å². The van der Waals surface area contributed by atoms with Crippen LogP contribution in [-0.4, -0.2) is 28.5 Å². The Morgan fingerprint density at radius 1 is 1.03 bits per heavy atom. The molecule has 8 heteroatoms. The van der Waals surface area contributed by atoms with Crippen LogP contribution in [0, 0.1) is 19.7 Å². The summed E-state index contributed by atoms with van der Waals surface area (Å²) in [6.07, 6.45) is 1.57. The van der Waals surface area contributed by atoms with E-state index in [-0.39, 0.29) is 23.9 Å². The number of anilines is 1. The summed E-state index contributed by atoms with van der Waals surface area (Å²) in [5, 5.41) is 2.21. The van der Waals surface area contributed by atoms with Crippen molar-refractivity contribution in [2.75, 3.05) is 11.9 Å². The molecule has 4 rings (SSSR count). The molecule has 178 valence electrons. The number of nitrogens with zero attached hydrogens (tertiary/aromatic N) is 1. The minimum Gasteiger partial charge on any atom is -0.489 e. The van der Waals surface area contributed by atoms with Gasteiger partial charge in [0.15, 0.2) is 0 Å². The second kappa shape index (κ2) is 10.6. The molecule has 0 spiro atoms. The number of ether oxygens (including phenoxy) is 1. The molecule has 1 fully saturated rings. The van der Waals surface area contributed by atoms with E-state index in [9.17, 15) is 18.8 Å². The van der Waals surface area contributed by atoms with Crippen molar-refractivity contribution in [2.24, 2.45) is 0 Å². The lowest BCUT2D eigenvalue weighted by Crippen LogP contribution is -2.36. The first-order chi connectivity index (χ1) is 16.8. The number of hydrogen-bond acceptors (Lipinski definition) is 5. The van der Waals surface area contributed by atoms with Gasteiger partial charge in [-0.15, -0.1) is 0 Å². The maximum Gasteiger partial charge on any atom is 0.294 e. The third-order valence-corrected chi connectivity index (χ3v) is 6.38. The summed E-state index contributed by atoms with van der Waals surface area (Å²) in [6, 6.07) is 18.8. The number of benzene rings is 3. The molecular formula is C27H23FN2O4S. The molecular weight excluding hydrogens is 467 g/mol. The fraction of sp³-hybridized carbons (Fsp3) is 0.148. The summed E-state index contributed by atoms with van der Waals surface area (Å²) >= 11 is 0.775. The van der Waals surface area contributed by atoms with Crippen molar-refractivity contribution >= 4 is 40.6 Å². The monoisotopic (exact) mass is 490 g/mol. The third-order valence-electron chi connectivity index (χ3n) is 5.47. The maximum absolute atomic E-state index is 13.8. The Balaban J connectivity index is 1.40. The lowest BCUT2D eigenvalue weighted by Gasteiger charge is -2.13. The van der Waals surface area contributed by atoms with Gasteiger partial charge in [-0.1, -0.05) is 36.4 Å². The Hall–Kier alpha value is -3.91. The zero-order chi connectivity index (χ0) is 24.9. The highest BCUT2D eigenvalue weighted by molar-refractivity contribution is 8.18. The zero-order valence-corrected chi connectivity index (χ0v) is 20.0. The zero-order valence-electron chi connectivity index (χ0n) is 19.2. The van der Waals surface area contributed by atoms with Gasteiger partial charge in [0.25, 0.3) is 11.1 Å². The highest BCUT2D eigenvalue weighted by Gasteiger charge is 2.36. The first-order valence-corrected chi connectivity index (χ1v) is 11.7. The second-order valence-electron chi connectivity index (χ2n) is 8.07. The minimum atomic E-state index is -0.534. The van der Waals surface area contributed by atoms with Crippen molar-refractivity contribution in [1.29, 1.82) is 0 Å². The van der Waals surface area contributed by atoms with E-state index >= 15 is 0 Å². The predicted molar refractivity (Wildman–Crippen MR) is 134 cm³/mol. The lowest BCUT2D eigenvalue weighted by atomic mass is 10.1. The normalized spacial score (nSPS) is 14.5. The van der Waals surface area contributed by atoms with Crippen LogP contribution in [0.5, 0.6) is 5.75 Å². The standard InChI is InChI=1S/C27H23FN2O4S/c1-17-10-11-21(12-18(17)2)29-25(31)15-30-26(32)24(35-27(30)33)14-19-6-5-8-22(13-19)34-16-20-7-3-4-9-23(20)28/h3-14H,15-16H2,1-2H3,(H,29,31). The molecule has 1 saturated heterocycles. The minimum absolute atomic E-state index is 0.0578. The highest BCUT2D eigenvalue weighted by atomic mass is 32.2. The second-order valence-corrected chi connectivity index (χ2v) is 9.06. The molecule has 6 nitrogen and oxygen atoms in total. The summed E-state index contributed by atoms with van der Waals surface area (Å²) in [5.41, 5.74) is 3.80. The molecule has 0 radical (unpaired) electrons. The van der Waals surface area contributed by atoms with Crippen molar-refractivity contribution < 1.29 is 23.5 Å². The highest BCUT2D eigenvalue weighted by Crippen LogP contribution is 2.32. The van der Waals surface area contributed by atoms with Crippen LogP contribution in [-0.2, 0) is 16.2 Å². The van der Waals surface area contributed by atoms with Gasteiger partial charge in [0, 0.05) is 11.3 Å². The molecule has 3 aromatic carbocycles. The maximum atomic E-state index is 13.8. The molecule has 0 bridgehead atoms. The van der Waals surface area contributed by atoms with E-state index in [1.807, 2.05) is 26.0 Å². The smallest absolute Gasteiger partial charge is 0.294 e. The molecule has 1 heterocycles. The number of imide groups is 1. The first kappa shape index (κ1) is 24.2. The van der Waals surface area contributed by atoms with Gasteiger partial charge in [0.2, 0.25) is 5.91 Å². The van der Waals surface area contributed by atoms with E-state index in [4.69, 9.17) is 4.74 Å². The summed E-state index contributed by atoms with van der Waals surface area (Å²) in [4.78, 5) is 38.8. The van der Waals surface area contributed by atoms with Gasteiger partial charge in [-0.3, -0.25) is 19.3 Å². The van der Waals surface area contributed by atoms with Crippen LogP contribution < -0.4 is 10.1 Å². The molecule has 0 aliphatic carbocycles. The summed E-state index contributed by atoms with van der Waals surface area (Å²) in [6.45, 7) is 3.59. The van der Waals surface area contributed by atoms with E-state index in [0.717, 1.165) is 27.8 Å². The molecule has 0 saturated carbocycles. The lowest BCUT2D eigenvalue weighted by molar-refractivity contribution is -0.127. The van der Waals surface area contributed by atoms with E-state index < -0.39 is 17.1 Å². The van der Waals surface area contributed by atoms with Crippen molar-refractivity contribution in [3.8, 4) is 5.75 Å². The quantitative estimate of drug-likeness (QED) is 0.430. The molecule has 3 aromatic rings. The van der Waals surface area contributed by atoms with Gasteiger partial charge in [0.05, 0.1) is 4.91 Å². The van der Waals surface area contributed by atoms with Crippen LogP contribution in [0.25, 0.3) is 6.08 Å². The molecule has 35 heavy (non-hydrogen) atoms. The van der Waals surface area contributed by atoms with E-state index in [1.54, 1.807) is 54.6 Å². The van der Waals surface area contributed by atoms with Gasteiger partial charge in [-0.25, -0.2) is 4.39 Å². The fourth-order valence-corrected chi connectivity index (χ4v) is 4.26. The van der Waals surface area contributed by atoms with Gasteiger partial charge < -0.3 is 10.1 Å². The van der Waals surface area contributed by atoms with Crippen LogP contribution in [0.2, 0.25) is 0 Å². The number of hydrogen-bond donors (Lipinski definition) is 1. The molecule has 0 unspecified atom stereocenters. The number of amides is 3. The molecule has 1 aliphatic heterocycles. The predicted octanol–water partition coefficient (Wildman–Crippen LogP) is 5.70. The third kappa shape index (κ3) is 5.96. The number of aryl methyl sites for hydroxylation is 2. The van der Waals surface area contributed by atoms with Crippen LogP contribution in [0.1, 0.15) is 22.3 Å². The summed E-state index contributed by atoms with van der Waals surface area (Å²) in [5.74, 6) is -0.846. The van der Waals surface area contributed by atoms with Crippen LogP contribution in [0.15, 0.2) is 71.6 Å². The molecule has 1 aliphatic rings. The van der Waals surface area contributed by atoms with Gasteiger partial charge in [-0.2, -0.15) is 0 Å². The Kier molecular flexibility index (Phi) is 7.31. The average molecular weight is 491 g/mol. The molecule has 0 atom stereocenters. The number of nitrogens with one attached hydrogen (secondary N) is 1. The number of carbonyl (C=O) groups excluding carboxylic acids is 3. The number of carbonyl (C=O) groups is 3. The van der Waals surface area contributed by atoms with Gasteiger partial charge in [0.1, 0.15) is 24.7 Å². The number of rotatable bonds is 7. The van der Waals surface area contributed by atoms with E-state index in [1.165, 1.54) is 6.07 Å². The van der Waals surface area contributed by atoms with Crippen molar-refractivity contribution in [3.63, 3.8) is 0 Å². The van der Waals surface area contributed by atoms with Crippen molar-refractivity contribution in [2.45, 2.75) is 20.5 Å². The average Bonchev–Trinajstić information content (AvgIpc) is 3.08. The van der Waals surface area contributed by atoms with Gasteiger partial charge in [-0.05, 0) is 78.7 Å². The van der Waals surface area contributed by atoms with Crippen LogP contribution in [0.4, 0.5) is 14.9 Å². The van der Waals surface area contributed by atoms with Crippen molar-refractivity contribution in [3.05, 3.63) is 99.7 Å². The number of thioether (sulfide) groups is 1. The Labute approximate surface area is 206 Å². The van der Waals surface area contributed by atoms with E-state index in [0.29, 0.717) is 22.6 Å². The Bertz CT molecular complexity index is 1340. The van der Waals surface area contributed by atoms with Gasteiger partial charge >= 0.3 is 0 Å². The molecule has 0 aromatic heterocycles. The SMILES string of the molecule is Cc1ccc(NC(=O)CN2C(=O)SC(=Cc3cccc(OCc4ccccc4F)c3)C2=O)cc1C.